The van der Waals surface area contributed by atoms with E-state index < -0.39 is 6.04 Å². The third-order valence-electron chi connectivity index (χ3n) is 4.44. The summed E-state index contributed by atoms with van der Waals surface area (Å²) in [6, 6.07) is 5.88. The van der Waals surface area contributed by atoms with Gasteiger partial charge in [-0.3, -0.25) is 9.48 Å². The van der Waals surface area contributed by atoms with Gasteiger partial charge in [0, 0.05) is 16.6 Å². The number of carbonyl (C=O) groups is 1. The van der Waals surface area contributed by atoms with Crippen molar-refractivity contribution >= 4 is 38.3 Å². The molecule has 0 aliphatic carbocycles. The maximum atomic E-state index is 12.6. The number of hydrogen-bond donors (Lipinski definition) is 1. The number of aromatic nitrogens is 3. The Labute approximate surface area is 165 Å². The summed E-state index contributed by atoms with van der Waals surface area (Å²) in [7, 11) is 0. The number of thiazole rings is 1. The number of nitrogens with zero attached hydrogens (tertiary/aromatic N) is 3. The quantitative estimate of drug-likeness (QED) is 0.615. The molecule has 0 fully saturated rings. The molecule has 3 aromatic rings. The van der Waals surface area contributed by atoms with E-state index in [4.69, 9.17) is 0 Å². The zero-order valence-electron chi connectivity index (χ0n) is 15.4. The third kappa shape index (κ3) is 3.73. The van der Waals surface area contributed by atoms with Crippen molar-refractivity contribution in [1.82, 2.24) is 14.8 Å². The number of carbonyl (C=O) groups excluding carboxylic acids is 1. The molecule has 1 N–H and O–H groups in total. The van der Waals surface area contributed by atoms with E-state index in [0.29, 0.717) is 5.13 Å². The number of aryl methyl sites for hydroxylation is 4. The lowest BCUT2D eigenvalue weighted by atomic mass is 10.0. The minimum atomic E-state index is -0.422. The van der Waals surface area contributed by atoms with Gasteiger partial charge in [0.1, 0.15) is 6.04 Å². The summed E-state index contributed by atoms with van der Waals surface area (Å²) in [5.74, 6) is -0.139. The highest BCUT2D eigenvalue weighted by molar-refractivity contribution is 9.10. The zero-order chi connectivity index (χ0) is 19.0. The molecule has 0 unspecified atom stereocenters. The highest BCUT2D eigenvalue weighted by Gasteiger charge is 2.19. The molecule has 0 radical (unpaired) electrons. The van der Waals surface area contributed by atoms with Gasteiger partial charge >= 0.3 is 0 Å². The van der Waals surface area contributed by atoms with Crippen LogP contribution in [0.5, 0.6) is 0 Å². The van der Waals surface area contributed by atoms with Crippen LogP contribution in [-0.4, -0.2) is 20.7 Å². The molecule has 0 saturated carbocycles. The predicted molar refractivity (Wildman–Crippen MR) is 110 cm³/mol. The van der Waals surface area contributed by atoms with Crippen LogP contribution in [0.1, 0.15) is 34.7 Å². The molecule has 3 rings (SSSR count). The SMILES string of the molecule is Cc1ccc(-c2nc(NC(=O)[C@@H](C)n3cc(Br)c(C)n3)sc2C)cc1C. The van der Waals surface area contributed by atoms with Gasteiger partial charge in [0.25, 0.3) is 5.91 Å². The molecule has 0 spiro atoms. The van der Waals surface area contributed by atoms with Gasteiger partial charge < -0.3 is 5.32 Å². The van der Waals surface area contributed by atoms with Crippen molar-refractivity contribution in [3.8, 4) is 11.3 Å². The maximum Gasteiger partial charge on any atom is 0.250 e. The first kappa shape index (κ1) is 18.8. The van der Waals surface area contributed by atoms with E-state index in [2.05, 4.69) is 63.4 Å². The van der Waals surface area contributed by atoms with Crippen molar-refractivity contribution in [3.63, 3.8) is 0 Å². The monoisotopic (exact) mass is 432 g/mol. The Morgan fingerprint density at radius 1 is 1.23 bits per heavy atom. The van der Waals surface area contributed by atoms with Gasteiger partial charge in [0.2, 0.25) is 0 Å². The van der Waals surface area contributed by atoms with Crippen LogP contribution >= 0.6 is 27.3 Å². The van der Waals surface area contributed by atoms with E-state index in [0.717, 1.165) is 26.3 Å². The highest BCUT2D eigenvalue weighted by atomic mass is 79.9. The van der Waals surface area contributed by atoms with Crippen molar-refractivity contribution < 1.29 is 4.79 Å². The van der Waals surface area contributed by atoms with Crippen LogP contribution in [-0.2, 0) is 4.79 Å². The van der Waals surface area contributed by atoms with Crippen LogP contribution in [0.2, 0.25) is 0 Å². The third-order valence-corrected chi connectivity index (χ3v) is 6.10. The fourth-order valence-electron chi connectivity index (χ4n) is 2.59. The smallest absolute Gasteiger partial charge is 0.250 e. The molecule has 1 aromatic carbocycles. The van der Waals surface area contributed by atoms with E-state index in [1.165, 1.54) is 22.5 Å². The Morgan fingerprint density at radius 2 is 1.96 bits per heavy atom. The second kappa shape index (κ2) is 7.32. The van der Waals surface area contributed by atoms with Gasteiger partial charge in [0.15, 0.2) is 5.13 Å². The molecular weight excluding hydrogens is 412 g/mol. The lowest BCUT2D eigenvalue weighted by Crippen LogP contribution is -2.24. The van der Waals surface area contributed by atoms with Crippen molar-refractivity contribution in [2.45, 2.75) is 40.7 Å². The molecule has 26 heavy (non-hydrogen) atoms. The molecule has 7 heteroatoms. The van der Waals surface area contributed by atoms with E-state index >= 15 is 0 Å². The predicted octanol–water partition coefficient (Wildman–Crippen LogP) is 5.20. The minimum absolute atomic E-state index is 0.139. The topological polar surface area (TPSA) is 59.8 Å². The summed E-state index contributed by atoms with van der Waals surface area (Å²) in [4.78, 5) is 18.3. The minimum Gasteiger partial charge on any atom is -0.300 e. The summed E-state index contributed by atoms with van der Waals surface area (Å²) in [6.07, 6.45) is 1.81. The Hall–Kier alpha value is -1.99. The summed E-state index contributed by atoms with van der Waals surface area (Å²) >= 11 is 4.91. The molecule has 0 saturated heterocycles. The van der Waals surface area contributed by atoms with Crippen LogP contribution < -0.4 is 5.32 Å². The van der Waals surface area contributed by atoms with Gasteiger partial charge in [-0.25, -0.2) is 4.98 Å². The number of halogens is 1. The van der Waals surface area contributed by atoms with Crippen molar-refractivity contribution in [2.75, 3.05) is 5.32 Å². The van der Waals surface area contributed by atoms with Crippen LogP contribution in [0, 0.1) is 27.7 Å². The first-order valence-corrected chi connectivity index (χ1v) is 9.94. The van der Waals surface area contributed by atoms with Crippen LogP contribution in [0.15, 0.2) is 28.9 Å². The van der Waals surface area contributed by atoms with Crippen molar-refractivity contribution in [1.29, 1.82) is 0 Å². The molecule has 136 valence electrons. The van der Waals surface area contributed by atoms with E-state index in [9.17, 15) is 4.79 Å². The molecule has 0 aliphatic rings. The first-order chi connectivity index (χ1) is 12.3. The lowest BCUT2D eigenvalue weighted by molar-refractivity contribution is -0.119. The Kier molecular flexibility index (Phi) is 5.29. The molecule has 0 aliphatic heterocycles. The fourth-order valence-corrected chi connectivity index (χ4v) is 3.72. The average molecular weight is 433 g/mol. The first-order valence-electron chi connectivity index (χ1n) is 8.33. The molecule has 2 heterocycles. The maximum absolute atomic E-state index is 12.6. The molecule has 1 amide bonds. The van der Waals surface area contributed by atoms with Crippen LogP contribution in [0.3, 0.4) is 0 Å². The second-order valence-corrected chi connectivity index (χ2v) is 8.49. The Balaban J connectivity index is 1.80. The van der Waals surface area contributed by atoms with Crippen LogP contribution in [0.25, 0.3) is 11.3 Å². The summed E-state index contributed by atoms with van der Waals surface area (Å²) in [5.41, 5.74) is 5.32. The Morgan fingerprint density at radius 3 is 2.58 bits per heavy atom. The molecule has 5 nitrogen and oxygen atoms in total. The summed E-state index contributed by atoms with van der Waals surface area (Å²) in [6.45, 7) is 9.92. The van der Waals surface area contributed by atoms with Gasteiger partial charge in [-0.05, 0) is 67.7 Å². The van der Waals surface area contributed by atoms with Gasteiger partial charge in [-0.15, -0.1) is 11.3 Å². The highest BCUT2D eigenvalue weighted by Crippen LogP contribution is 2.31. The number of benzene rings is 1. The summed E-state index contributed by atoms with van der Waals surface area (Å²) < 4.78 is 2.54. The molecule has 0 bridgehead atoms. The van der Waals surface area contributed by atoms with E-state index in [1.54, 1.807) is 4.68 Å². The van der Waals surface area contributed by atoms with Crippen LogP contribution in [0.4, 0.5) is 5.13 Å². The fraction of sp³-hybridized carbons (Fsp3) is 0.316. The van der Waals surface area contributed by atoms with Crippen molar-refractivity contribution in [3.05, 3.63) is 50.6 Å². The molecular formula is C19H21BrN4OS. The average Bonchev–Trinajstić information content (AvgIpc) is 3.12. The van der Waals surface area contributed by atoms with Gasteiger partial charge in [-0.2, -0.15) is 5.10 Å². The number of hydrogen-bond acceptors (Lipinski definition) is 4. The lowest BCUT2D eigenvalue weighted by Gasteiger charge is -2.10. The van der Waals surface area contributed by atoms with E-state index in [-0.39, 0.29) is 5.91 Å². The van der Waals surface area contributed by atoms with Gasteiger partial charge in [0.05, 0.1) is 15.9 Å². The summed E-state index contributed by atoms with van der Waals surface area (Å²) in [5, 5.41) is 7.88. The number of rotatable bonds is 4. The number of amides is 1. The molecule has 2 aromatic heterocycles. The normalized spacial score (nSPS) is 12.2. The van der Waals surface area contributed by atoms with Gasteiger partial charge in [-0.1, -0.05) is 12.1 Å². The standard InChI is InChI=1S/C19H21BrN4OS/c1-10-6-7-15(8-11(10)2)17-14(5)26-19(21-17)22-18(25)13(4)24-9-16(20)12(3)23-24/h6-9,13H,1-5H3,(H,21,22,25)/t13-/m1/s1. The van der Waals surface area contributed by atoms with E-state index in [1.807, 2.05) is 27.0 Å². The zero-order valence-corrected chi connectivity index (χ0v) is 17.8. The number of anilines is 1. The van der Waals surface area contributed by atoms with Crippen molar-refractivity contribution in [2.24, 2.45) is 0 Å². The number of nitrogens with one attached hydrogen (secondary N) is 1. The largest absolute Gasteiger partial charge is 0.300 e. The molecule has 1 atom stereocenters. The Bertz CT molecular complexity index is 957. The second-order valence-electron chi connectivity index (χ2n) is 6.43.